The van der Waals surface area contributed by atoms with E-state index in [1.165, 1.54) is 30.4 Å². The van der Waals surface area contributed by atoms with E-state index in [1.54, 1.807) is 6.07 Å². The zero-order chi connectivity index (χ0) is 19.3. The van der Waals surface area contributed by atoms with Gasteiger partial charge >= 0.3 is 5.97 Å². The Morgan fingerprint density at radius 1 is 1.23 bits per heavy atom. The molecule has 138 valence electrons. The zero-order valence-electron chi connectivity index (χ0n) is 14.8. The van der Waals surface area contributed by atoms with Gasteiger partial charge in [0, 0.05) is 17.5 Å². The molecule has 7 heteroatoms. The summed E-state index contributed by atoms with van der Waals surface area (Å²) in [7, 11) is 0. The molecule has 0 unspecified atom stereocenters. The third-order valence-electron chi connectivity index (χ3n) is 3.67. The number of hydrogen-bond donors (Lipinski definition) is 1. The summed E-state index contributed by atoms with van der Waals surface area (Å²) in [6.07, 6.45) is 1.85. The zero-order valence-corrected chi connectivity index (χ0v) is 15.7. The van der Waals surface area contributed by atoms with Gasteiger partial charge in [0.1, 0.15) is 10.7 Å². The fourth-order valence-corrected chi connectivity index (χ4v) is 3.41. The number of rotatable bonds is 7. The molecule has 0 spiro atoms. The number of nitrogens with one attached hydrogen (secondary N) is 1. The van der Waals surface area contributed by atoms with Crippen molar-refractivity contribution in [3.05, 3.63) is 51.0 Å². The van der Waals surface area contributed by atoms with Crippen LogP contribution in [-0.2, 0) is 16.0 Å². The molecule has 26 heavy (non-hydrogen) atoms. The number of aryl methyl sites for hydroxylation is 2. The molecule has 1 amide bonds. The lowest BCUT2D eigenvalue weighted by Crippen LogP contribution is -2.15. The molecule has 0 radical (unpaired) electrons. The molecule has 1 N–H and O–H groups in total. The molecular formula is C19H20FNO4S. The van der Waals surface area contributed by atoms with Gasteiger partial charge in [-0.1, -0.05) is 13.3 Å². The Morgan fingerprint density at radius 2 is 1.96 bits per heavy atom. The highest BCUT2D eigenvalue weighted by molar-refractivity contribution is 7.14. The number of halogens is 1. The summed E-state index contributed by atoms with van der Waals surface area (Å²) >= 11 is 1.32. The first-order valence-corrected chi connectivity index (χ1v) is 9.00. The highest BCUT2D eigenvalue weighted by Gasteiger charge is 2.18. The molecule has 0 aliphatic carbocycles. The van der Waals surface area contributed by atoms with Crippen LogP contribution in [0, 0.1) is 12.7 Å². The molecule has 0 fully saturated rings. The lowest BCUT2D eigenvalue weighted by Gasteiger charge is -2.06. The van der Waals surface area contributed by atoms with Crippen molar-refractivity contribution in [1.82, 2.24) is 0 Å². The van der Waals surface area contributed by atoms with Crippen LogP contribution in [0.5, 0.6) is 0 Å². The molecule has 0 aliphatic rings. The molecule has 0 atom stereocenters. The Kier molecular flexibility index (Phi) is 6.63. The third kappa shape index (κ3) is 4.98. The van der Waals surface area contributed by atoms with Crippen molar-refractivity contribution in [3.63, 3.8) is 0 Å². The van der Waals surface area contributed by atoms with E-state index in [-0.39, 0.29) is 17.2 Å². The normalized spacial score (nSPS) is 10.5. The predicted molar refractivity (Wildman–Crippen MR) is 98.4 cm³/mol. The van der Waals surface area contributed by atoms with Gasteiger partial charge in [-0.25, -0.2) is 9.18 Å². The summed E-state index contributed by atoms with van der Waals surface area (Å²) in [5.74, 6) is -2.36. The van der Waals surface area contributed by atoms with Crippen molar-refractivity contribution in [3.8, 4) is 0 Å². The van der Waals surface area contributed by atoms with Crippen molar-refractivity contribution < 1.29 is 23.5 Å². The quantitative estimate of drug-likeness (QED) is 0.581. The van der Waals surface area contributed by atoms with Crippen molar-refractivity contribution in [2.75, 3.05) is 11.9 Å². The molecular weight excluding hydrogens is 357 g/mol. The van der Waals surface area contributed by atoms with Gasteiger partial charge in [-0.2, -0.15) is 0 Å². The van der Waals surface area contributed by atoms with Gasteiger partial charge in [0.05, 0.1) is 5.56 Å². The Morgan fingerprint density at radius 3 is 2.58 bits per heavy atom. The Labute approximate surface area is 155 Å². The second kappa shape index (κ2) is 8.71. The van der Waals surface area contributed by atoms with Crippen LogP contribution in [-0.4, -0.2) is 24.3 Å². The first kappa shape index (κ1) is 19.8. The van der Waals surface area contributed by atoms with Crippen molar-refractivity contribution in [2.45, 2.75) is 33.6 Å². The molecule has 0 saturated carbocycles. The average Bonchev–Trinajstić information content (AvgIpc) is 2.93. The number of esters is 1. The summed E-state index contributed by atoms with van der Waals surface area (Å²) in [5.41, 5.74) is 1.15. The highest BCUT2D eigenvalue weighted by atomic mass is 32.1. The molecule has 1 aromatic heterocycles. The minimum Gasteiger partial charge on any atom is -0.453 e. The summed E-state index contributed by atoms with van der Waals surface area (Å²) in [6, 6.07) is 5.50. The van der Waals surface area contributed by atoms with E-state index in [4.69, 9.17) is 4.74 Å². The van der Waals surface area contributed by atoms with Gasteiger partial charge in [-0.3, -0.25) is 9.59 Å². The highest BCUT2D eigenvalue weighted by Crippen LogP contribution is 2.23. The largest absolute Gasteiger partial charge is 0.453 e. The number of carbonyl (C=O) groups excluding carboxylic acids is 3. The van der Waals surface area contributed by atoms with E-state index in [0.29, 0.717) is 4.88 Å². The fourth-order valence-electron chi connectivity index (χ4n) is 2.44. The number of hydrogen-bond acceptors (Lipinski definition) is 5. The average molecular weight is 377 g/mol. The molecule has 1 heterocycles. The SMILES string of the molecule is CCCc1cc(C(=O)OCC(=O)c2ccc(NC(C)=O)cc2F)sc1C. The maximum Gasteiger partial charge on any atom is 0.348 e. The number of thiophene rings is 1. The van der Waals surface area contributed by atoms with Crippen molar-refractivity contribution >= 4 is 34.7 Å². The maximum absolute atomic E-state index is 14.0. The number of benzene rings is 1. The fraction of sp³-hybridized carbons (Fsp3) is 0.316. The Balaban J connectivity index is 2.00. The molecule has 0 saturated heterocycles. The number of Topliss-reactive ketones (excluding diaryl/α,β-unsaturated/α-hetero) is 1. The number of carbonyl (C=O) groups is 3. The second-order valence-corrected chi connectivity index (χ2v) is 7.07. The minimum atomic E-state index is -0.783. The number of ether oxygens (including phenoxy) is 1. The lowest BCUT2D eigenvalue weighted by atomic mass is 10.1. The topological polar surface area (TPSA) is 72.5 Å². The van der Waals surface area contributed by atoms with Crippen LogP contribution in [0.4, 0.5) is 10.1 Å². The maximum atomic E-state index is 14.0. The lowest BCUT2D eigenvalue weighted by molar-refractivity contribution is -0.114. The van der Waals surface area contributed by atoms with Gasteiger partial charge < -0.3 is 10.1 Å². The van der Waals surface area contributed by atoms with Crippen LogP contribution in [0.15, 0.2) is 24.3 Å². The van der Waals surface area contributed by atoms with E-state index in [1.807, 2.05) is 6.92 Å². The molecule has 1 aromatic carbocycles. The first-order valence-electron chi connectivity index (χ1n) is 8.18. The Hall–Kier alpha value is -2.54. The van der Waals surface area contributed by atoms with Gasteiger partial charge in [-0.15, -0.1) is 11.3 Å². The van der Waals surface area contributed by atoms with Crippen molar-refractivity contribution in [2.24, 2.45) is 0 Å². The summed E-state index contributed by atoms with van der Waals surface area (Å²) in [4.78, 5) is 36.7. The second-order valence-electron chi connectivity index (χ2n) is 5.82. The van der Waals surface area contributed by atoms with Crippen LogP contribution in [0.25, 0.3) is 0 Å². The van der Waals surface area contributed by atoms with E-state index in [0.717, 1.165) is 29.3 Å². The summed E-state index contributed by atoms with van der Waals surface area (Å²) in [5, 5.41) is 2.43. The van der Waals surface area contributed by atoms with Gasteiger partial charge in [-0.05, 0) is 43.2 Å². The van der Waals surface area contributed by atoms with Crippen LogP contribution in [0.1, 0.15) is 50.7 Å². The molecule has 2 aromatic rings. The summed E-state index contributed by atoms with van der Waals surface area (Å²) < 4.78 is 19.1. The smallest absolute Gasteiger partial charge is 0.348 e. The van der Waals surface area contributed by atoms with Crippen molar-refractivity contribution in [1.29, 1.82) is 0 Å². The van der Waals surface area contributed by atoms with Crippen LogP contribution in [0.2, 0.25) is 0 Å². The van der Waals surface area contributed by atoms with Crippen LogP contribution < -0.4 is 5.32 Å². The standard InChI is InChI=1S/C19H20FNO4S/c1-4-5-13-8-18(26-11(13)2)19(24)25-10-17(23)15-7-6-14(9-16(15)20)21-12(3)22/h6-9H,4-5,10H2,1-3H3,(H,21,22). The summed E-state index contributed by atoms with van der Waals surface area (Å²) in [6.45, 7) is 4.74. The van der Waals surface area contributed by atoms with Crippen LogP contribution >= 0.6 is 11.3 Å². The van der Waals surface area contributed by atoms with Gasteiger partial charge in [0.25, 0.3) is 0 Å². The molecule has 0 aliphatic heterocycles. The van der Waals surface area contributed by atoms with E-state index in [2.05, 4.69) is 12.2 Å². The Bertz CT molecular complexity index is 844. The monoisotopic (exact) mass is 377 g/mol. The molecule has 2 rings (SSSR count). The number of anilines is 1. The van der Waals surface area contributed by atoms with E-state index >= 15 is 0 Å². The van der Waals surface area contributed by atoms with E-state index < -0.39 is 24.2 Å². The predicted octanol–water partition coefficient (Wildman–Crippen LogP) is 4.15. The van der Waals surface area contributed by atoms with Gasteiger partial charge in [0.15, 0.2) is 6.61 Å². The number of ketones is 1. The number of amides is 1. The van der Waals surface area contributed by atoms with Gasteiger partial charge in [0.2, 0.25) is 11.7 Å². The first-order chi connectivity index (χ1) is 12.3. The molecule has 0 bridgehead atoms. The van der Waals surface area contributed by atoms with E-state index in [9.17, 15) is 18.8 Å². The third-order valence-corrected chi connectivity index (χ3v) is 4.74. The van der Waals surface area contributed by atoms with Crippen LogP contribution in [0.3, 0.4) is 0 Å². The minimum absolute atomic E-state index is 0.194. The molecule has 5 nitrogen and oxygen atoms in total.